The zero-order valence-electron chi connectivity index (χ0n) is 29.5. The van der Waals surface area contributed by atoms with Crippen LogP contribution in [0.4, 0.5) is 0 Å². The first kappa shape index (κ1) is 40.2. The van der Waals surface area contributed by atoms with Gasteiger partial charge in [0.05, 0.1) is 5.56 Å². The Hall–Kier alpha value is -5.44. The van der Waals surface area contributed by atoms with E-state index in [2.05, 4.69) is 0 Å². The van der Waals surface area contributed by atoms with E-state index in [1.165, 1.54) is 54.6 Å². The number of aliphatic hydroxyl groups is 6. The van der Waals surface area contributed by atoms with Crippen molar-refractivity contribution in [2.75, 3.05) is 13.2 Å². The Labute approximate surface area is 318 Å². The Morgan fingerprint density at radius 2 is 1.23 bits per heavy atom. The molecule has 0 aromatic heterocycles. The minimum absolute atomic E-state index is 0.00140. The minimum atomic E-state index is -1.86. The van der Waals surface area contributed by atoms with Crippen molar-refractivity contribution in [3.63, 3.8) is 0 Å². The third-order valence-corrected chi connectivity index (χ3v) is 9.05. The Morgan fingerprint density at radius 3 is 1.82 bits per heavy atom. The highest BCUT2D eigenvalue weighted by Gasteiger charge is 2.48. The fraction of sp³-hybridized carbons (Fsp3) is 0.368. The summed E-state index contributed by atoms with van der Waals surface area (Å²) in [6.45, 7) is 0.0539. The molecular formula is C38H40O18. The summed E-state index contributed by atoms with van der Waals surface area (Å²) < 4.78 is 39.8. The number of rotatable bonds is 11. The maximum atomic E-state index is 12.5. The predicted octanol–water partition coefficient (Wildman–Crippen LogP) is 0.108. The van der Waals surface area contributed by atoms with Gasteiger partial charge in [0.25, 0.3) is 0 Å². The fourth-order valence-corrected chi connectivity index (χ4v) is 6.03. The van der Waals surface area contributed by atoms with Crippen LogP contribution in [-0.4, -0.2) is 133 Å². The average molecular weight is 785 g/mol. The smallest absolute Gasteiger partial charge is 0.330 e. The third kappa shape index (κ3) is 9.15. The summed E-state index contributed by atoms with van der Waals surface area (Å²) in [6, 6.07) is 14.0. The van der Waals surface area contributed by atoms with E-state index in [1.807, 2.05) is 0 Å². The highest BCUT2D eigenvalue weighted by Crippen LogP contribution is 2.46. The summed E-state index contributed by atoms with van der Waals surface area (Å²) in [4.78, 5) is 23.8. The summed E-state index contributed by atoms with van der Waals surface area (Å²) in [6.07, 6.45) is -14.2. The van der Waals surface area contributed by atoms with Crippen molar-refractivity contribution in [3.8, 4) is 28.7 Å². The number of carbonyl (C=O) groups excluding carboxylic acids is 2. The van der Waals surface area contributed by atoms with Crippen LogP contribution in [0, 0.1) is 0 Å². The largest absolute Gasteiger partial charge is 0.508 e. The van der Waals surface area contributed by atoms with Crippen LogP contribution in [0.25, 0.3) is 12.2 Å². The van der Waals surface area contributed by atoms with Crippen molar-refractivity contribution in [1.29, 1.82) is 0 Å². The fourth-order valence-electron chi connectivity index (χ4n) is 6.03. The van der Waals surface area contributed by atoms with Gasteiger partial charge in [-0.1, -0.05) is 24.3 Å². The van der Waals surface area contributed by atoms with Crippen LogP contribution in [-0.2, 0) is 33.3 Å². The molecule has 3 heterocycles. The number of aliphatic hydroxyl groups excluding tert-OH is 6. The predicted molar refractivity (Wildman–Crippen MR) is 187 cm³/mol. The summed E-state index contributed by atoms with van der Waals surface area (Å²) in [5, 5.41) is 94.1. The van der Waals surface area contributed by atoms with Gasteiger partial charge in [0.15, 0.2) is 6.10 Å². The molecule has 0 radical (unpaired) electrons. The van der Waals surface area contributed by atoms with Gasteiger partial charge in [-0.15, -0.1) is 0 Å². The molecule has 0 amide bonds. The lowest BCUT2D eigenvalue weighted by atomic mass is 9.98. The highest BCUT2D eigenvalue weighted by molar-refractivity contribution is 5.87. The van der Waals surface area contributed by atoms with Gasteiger partial charge in [-0.25, -0.2) is 4.79 Å². The SMILES string of the molecule is CC(=O)OCC1OC(Oc2cc(O)cc3c2C=C(OC2OC(COC(=O)C=Cc4ccc(O)cc4)C(O)C(O)C2O)C(c2ccc(O)cc2)O3)C(O)C(O)C1O. The van der Waals surface area contributed by atoms with E-state index in [0.717, 1.165) is 19.1 Å². The second kappa shape index (κ2) is 17.1. The molecule has 0 aliphatic carbocycles. The minimum Gasteiger partial charge on any atom is -0.508 e. The van der Waals surface area contributed by atoms with Crippen LogP contribution >= 0.6 is 0 Å². The quantitative estimate of drug-likeness (QED) is 0.0921. The van der Waals surface area contributed by atoms with Gasteiger partial charge in [0, 0.05) is 30.7 Å². The molecule has 2 saturated heterocycles. The van der Waals surface area contributed by atoms with Gasteiger partial charge in [-0.2, -0.15) is 0 Å². The van der Waals surface area contributed by atoms with Crippen molar-refractivity contribution in [2.45, 2.75) is 74.4 Å². The van der Waals surface area contributed by atoms with Crippen molar-refractivity contribution in [1.82, 2.24) is 0 Å². The Kier molecular flexibility index (Phi) is 12.3. The summed E-state index contributed by atoms with van der Waals surface area (Å²) in [5.74, 6) is -2.24. The molecule has 11 atom stereocenters. The van der Waals surface area contributed by atoms with Crippen LogP contribution in [0.3, 0.4) is 0 Å². The maximum absolute atomic E-state index is 12.5. The first-order valence-corrected chi connectivity index (χ1v) is 17.2. The number of fused-ring (bicyclic) bond motifs is 1. The monoisotopic (exact) mass is 784 g/mol. The molecule has 3 aromatic carbocycles. The number of hydrogen-bond donors (Lipinski definition) is 9. The molecule has 3 aromatic rings. The van der Waals surface area contributed by atoms with E-state index in [4.69, 9.17) is 33.2 Å². The summed E-state index contributed by atoms with van der Waals surface area (Å²) >= 11 is 0. The van der Waals surface area contributed by atoms with Gasteiger partial charge < -0.3 is 79.1 Å². The summed E-state index contributed by atoms with van der Waals surface area (Å²) in [7, 11) is 0. The van der Waals surface area contributed by atoms with E-state index in [-0.39, 0.29) is 40.1 Å². The molecule has 2 fully saturated rings. The van der Waals surface area contributed by atoms with Crippen LogP contribution in [0.2, 0.25) is 0 Å². The molecule has 6 rings (SSSR count). The van der Waals surface area contributed by atoms with Crippen molar-refractivity contribution >= 4 is 24.1 Å². The number of ether oxygens (including phenoxy) is 7. The number of esters is 2. The Balaban J connectivity index is 1.26. The molecule has 11 unspecified atom stereocenters. The molecule has 300 valence electrons. The van der Waals surface area contributed by atoms with E-state index in [9.17, 15) is 55.5 Å². The molecule has 9 N–H and O–H groups in total. The van der Waals surface area contributed by atoms with Crippen LogP contribution < -0.4 is 9.47 Å². The second-order valence-corrected chi connectivity index (χ2v) is 13.1. The average Bonchev–Trinajstić information content (AvgIpc) is 3.17. The molecule has 18 nitrogen and oxygen atoms in total. The van der Waals surface area contributed by atoms with Gasteiger partial charge in [-0.3, -0.25) is 4.79 Å². The van der Waals surface area contributed by atoms with Gasteiger partial charge >= 0.3 is 11.9 Å². The molecule has 0 spiro atoms. The van der Waals surface area contributed by atoms with E-state index in [0.29, 0.717) is 11.1 Å². The number of aromatic hydroxyl groups is 3. The lowest BCUT2D eigenvalue weighted by Crippen LogP contribution is -2.60. The topological polar surface area (TPSA) is 281 Å². The van der Waals surface area contributed by atoms with Gasteiger partial charge in [-0.05, 0) is 42.0 Å². The first-order chi connectivity index (χ1) is 26.7. The normalized spacial score (nSPS) is 30.1. The van der Waals surface area contributed by atoms with Crippen molar-refractivity contribution in [2.24, 2.45) is 0 Å². The number of carbonyl (C=O) groups is 2. The number of benzene rings is 3. The molecule has 3 aliphatic heterocycles. The molecule has 18 heteroatoms. The standard InChI is InChI=1S/C38H40O18/c1-17(39)50-15-27-30(44)32(46)34(48)37(55-27)53-25-13-22(42)12-24-23(25)14-26(36(52-24)19-5-9-21(41)10-6-19)54-38-35(49)33(47)31(45)28(56-38)16-51-29(43)11-4-18-2-7-20(40)8-3-18/h2-14,27-28,30-38,40-42,44-49H,15-16H2,1H3. The van der Waals surface area contributed by atoms with Crippen LogP contribution in [0.5, 0.6) is 28.7 Å². The zero-order chi connectivity index (χ0) is 40.3. The molecule has 56 heavy (non-hydrogen) atoms. The molecule has 0 bridgehead atoms. The van der Waals surface area contributed by atoms with E-state index < -0.39 is 92.7 Å². The second-order valence-electron chi connectivity index (χ2n) is 13.1. The van der Waals surface area contributed by atoms with E-state index in [1.54, 1.807) is 12.1 Å². The van der Waals surface area contributed by atoms with Crippen molar-refractivity contribution in [3.05, 3.63) is 89.2 Å². The van der Waals surface area contributed by atoms with E-state index >= 15 is 0 Å². The zero-order valence-corrected chi connectivity index (χ0v) is 29.5. The first-order valence-electron chi connectivity index (χ1n) is 17.2. The molecule has 0 saturated carbocycles. The highest BCUT2D eigenvalue weighted by atomic mass is 16.7. The number of hydrogen-bond acceptors (Lipinski definition) is 18. The molecular weight excluding hydrogens is 744 g/mol. The lowest BCUT2D eigenvalue weighted by Gasteiger charge is -2.41. The number of phenols is 3. The Bertz CT molecular complexity index is 1910. The maximum Gasteiger partial charge on any atom is 0.330 e. The van der Waals surface area contributed by atoms with Crippen LogP contribution in [0.1, 0.15) is 29.7 Å². The van der Waals surface area contributed by atoms with Gasteiger partial charge in [0.2, 0.25) is 12.6 Å². The summed E-state index contributed by atoms with van der Waals surface area (Å²) in [5.41, 5.74) is 1.04. The van der Waals surface area contributed by atoms with Crippen molar-refractivity contribution < 1.29 is 88.7 Å². The van der Waals surface area contributed by atoms with Crippen LogP contribution in [0.15, 0.2) is 72.5 Å². The van der Waals surface area contributed by atoms with Gasteiger partial charge in [0.1, 0.15) is 96.6 Å². The third-order valence-electron chi connectivity index (χ3n) is 9.05. The molecule has 3 aliphatic rings. The number of phenolic OH excluding ortho intramolecular Hbond substituents is 3. The lowest BCUT2D eigenvalue weighted by molar-refractivity contribution is -0.294. The Morgan fingerprint density at radius 1 is 0.679 bits per heavy atom.